The molecule has 27 heavy (non-hydrogen) atoms. The fourth-order valence-corrected chi connectivity index (χ4v) is 3.48. The summed E-state index contributed by atoms with van der Waals surface area (Å²) < 4.78 is 11.1. The second kappa shape index (κ2) is 13.0. The van der Waals surface area contributed by atoms with Crippen LogP contribution in [0.4, 0.5) is 0 Å². The Kier molecular flexibility index (Phi) is 11.4. The Morgan fingerprint density at radius 3 is 1.93 bits per heavy atom. The molecule has 0 bridgehead atoms. The van der Waals surface area contributed by atoms with Gasteiger partial charge in [0.25, 0.3) is 0 Å². The van der Waals surface area contributed by atoms with E-state index in [0.29, 0.717) is 30.8 Å². The summed E-state index contributed by atoms with van der Waals surface area (Å²) in [6.45, 7) is 11.0. The van der Waals surface area contributed by atoms with Gasteiger partial charge in [0, 0.05) is 5.57 Å². The predicted molar refractivity (Wildman–Crippen MR) is 109 cm³/mol. The minimum Gasteiger partial charge on any atom is -0.462 e. The SMILES string of the molecule is CCCCCC/C(C(=O)OCC(C)C)=C(/C(=O)OCC(C)C)C1CCCC1. The van der Waals surface area contributed by atoms with Gasteiger partial charge in [0.2, 0.25) is 0 Å². The van der Waals surface area contributed by atoms with Crippen LogP contribution >= 0.6 is 0 Å². The first-order chi connectivity index (χ1) is 12.9. The molecule has 4 heteroatoms. The van der Waals surface area contributed by atoms with Crippen molar-refractivity contribution in [2.75, 3.05) is 13.2 Å². The molecule has 0 heterocycles. The van der Waals surface area contributed by atoms with E-state index in [4.69, 9.17) is 9.47 Å². The van der Waals surface area contributed by atoms with Crippen molar-refractivity contribution < 1.29 is 19.1 Å². The smallest absolute Gasteiger partial charge is 0.334 e. The van der Waals surface area contributed by atoms with Gasteiger partial charge in [0.05, 0.1) is 18.8 Å². The number of esters is 2. The van der Waals surface area contributed by atoms with E-state index < -0.39 is 0 Å². The maximum absolute atomic E-state index is 12.9. The predicted octanol–water partition coefficient (Wildman–Crippen LogP) is 5.84. The van der Waals surface area contributed by atoms with Crippen molar-refractivity contribution in [1.82, 2.24) is 0 Å². The number of hydrogen-bond donors (Lipinski definition) is 0. The highest BCUT2D eigenvalue weighted by molar-refractivity contribution is 6.00. The van der Waals surface area contributed by atoms with E-state index in [2.05, 4.69) is 6.92 Å². The summed E-state index contributed by atoms with van der Waals surface area (Å²) in [4.78, 5) is 25.8. The fraction of sp³-hybridized carbons (Fsp3) is 0.826. The topological polar surface area (TPSA) is 52.6 Å². The molecule has 1 aliphatic rings. The molecule has 0 spiro atoms. The fourth-order valence-electron chi connectivity index (χ4n) is 3.48. The van der Waals surface area contributed by atoms with Gasteiger partial charge in [-0.25, -0.2) is 9.59 Å². The Bertz CT molecular complexity index is 485. The summed E-state index contributed by atoms with van der Waals surface area (Å²) in [5.74, 6) is 0.0708. The molecule has 1 saturated carbocycles. The third kappa shape index (κ3) is 8.94. The molecule has 0 aromatic rings. The van der Waals surface area contributed by atoms with Crippen molar-refractivity contribution in [3.05, 3.63) is 11.1 Å². The summed E-state index contributed by atoms with van der Waals surface area (Å²) in [6.07, 6.45) is 9.01. The molecular formula is C23H40O4. The van der Waals surface area contributed by atoms with Crippen molar-refractivity contribution in [2.45, 2.75) is 92.4 Å². The van der Waals surface area contributed by atoms with E-state index >= 15 is 0 Å². The molecule has 0 aromatic heterocycles. The van der Waals surface area contributed by atoms with E-state index in [9.17, 15) is 9.59 Å². The van der Waals surface area contributed by atoms with Crippen LogP contribution in [-0.4, -0.2) is 25.2 Å². The van der Waals surface area contributed by atoms with Crippen LogP contribution in [0.3, 0.4) is 0 Å². The Morgan fingerprint density at radius 1 is 0.852 bits per heavy atom. The van der Waals surface area contributed by atoms with Gasteiger partial charge in [-0.1, -0.05) is 66.7 Å². The maximum Gasteiger partial charge on any atom is 0.334 e. The van der Waals surface area contributed by atoms with Gasteiger partial charge in [0.15, 0.2) is 0 Å². The van der Waals surface area contributed by atoms with E-state index in [1.807, 2.05) is 27.7 Å². The van der Waals surface area contributed by atoms with Gasteiger partial charge in [-0.2, -0.15) is 0 Å². The van der Waals surface area contributed by atoms with Gasteiger partial charge < -0.3 is 9.47 Å². The van der Waals surface area contributed by atoms with E-state index in [1.54, 1.807) is 0 Å². The van der Waals surface area contributed by atoms with Gasteiger partial charge in [-0.05, 0) is 43.4 Å². The first-order valence-corrected chi connectivity index (χ1v) is 10.9. The monoisotopic (exact) mass is 380 g/mol. The van der Waals surface area contributed by atoms with E-state index in [-0.39, 0.29) is 29.7 Å². The highest BCUT2D eigenvalue weighted by Crippen LogP contribution is 2.35. The number of ether oxygens (including phenoxy) is 2. The summed E-state index contributed by atoms with van der Waals surface area (Å²) in [7, 11) is 0. The number of hydrogen-bond acceptors (Lipinski definition) is 4. The van der Waals surface area contributed by atoms with E-state index in [1.165, 1.54) is 0 Å². The summed E-state index contributed by atoms with van der Waals surface area (Å²) in [5, 5.41) is 0. The van der Waals surface area contributed by atoms with Crippen LogP contribution < -0.4 is 0 Å². The Balaban J connectivity index is 3.08. The standard InChI is InChI=1S/C23H40O4/c1-6-7-8-9-14-20(22(24)26-15-17(2)3)21(19-12-10-11-13-19)23(25)27-16-18(4)5/h17-19H,6-16H2,1-5H3/b21-20-. The molecule has 0 amide bonds. The zero-order chi connectivity index (χ0) is 20.2. The zero-order valence-corrected chi connectivity index (χ0v) is 18.1. The zero-order valence-electron chi connectivity index (χ0n) is 18.1. The Labute approximate surface area is 166 Å². The minimum atomic E-state index is -0.316. The first kappa shape index (κ1) is 23.7. The van der Waals surface area contributed by atoms with Gasteiger partial charge >= 0.3 is 11.9 Å². The molecule has 0 unspecified atom stereocenters. The Hall–Kier alpha value is -1.32. The van der Waals surface area contributed by atoms with Gasteiger partial charge in [-0.3, -0.25) is 0 Å². The molecule has 1 rings (SSSR count). The molecule has 0 N–H and O–H groups in total. The van der Waals surface area contributed by atoms with E-state index in [0.717, 1.165) is 51.4 Å². The van der Waals surface area contributed by atoms with Crippen LogP contribution in [0.5, 0.6) is 0 Å². The normalized spacial score (nSPS) is 16.0. The third-order valence-electron chi connectivity index (χ3n) is 4.93. The molecule has 4 nitrogen and oxygen atoms in total. The molecule has 0 aromatic carbocycles. The lowest BCUT2D eigenvalue weighted by atomic mass is 9.90. The lowest BCUT2D eigenvalue weighted by Gasteiger charge is -2.20. The summed E-state index contributed by atoms with van der Waals surface area (Å²) >= 11 is 0. The second-order valence-corrected chi connectivity index (χ2v) is 8.67. The number of unbranched alkanes of at least 4 members (excludes halogenated alkanes) is 3. The highest BCUT2D eigenvalue weighted by atomic mass is 16.5. The van der Waals surface area contributed by atoms with Crippen LogP contribution in [-0.2, 0) is 19.1 Å². The number of carbonyl (C=O) groups excluding carboxylic acids is 2. The minimum absolute atomic E-state index is 0.137. The van der Waals surface area contributed by atoms with Crippen molar-refractivity contribution in [2.24, 2.45) is 17.8 Å². The molecule has 156 valence electrons. The maximum atomic E-state index is 12.9. The average molecular weight is 381 g/mol. The highest BCUT2D eigenvalue weighted by Gasteiger charge is 2.31. The lowest BCUT2D eigenvalue weighted by Crippen LogP contribution is -2.23. The average Bonchev–Trinajstić information content (AvgIpc) is 3.14. The molecule has 0 atom stereocenters. The van der Waals surface area contributed by atoms with Crippen molar-refractivity contribution in [1.29, 1.82) is 0 Å². The van der Waals surface area contributed by atoms with Crippen LogP contribution in [0.15, 0.2) is 11.1 Å². The van der Waals surface area contributed by atoms with Crippen LogP contribution in [0.1, 0.15) is 92.4 Å². The first-order valence-electron chi connectivity index (χ1n) is 10.9. The molecule has 1 fully saturated rings. The van der Waals surface area contributed by atoms with Gasteiger partial charge in [-0.15, -0.1) is 0 Å². The van der Waals surface area contributed by atoms with Gasteiger partial charge in [0.1, 0.15) is 0 Å². The largest absolute Gasteiger partial charge is 0.462 e. The summed E-state index contributed by atoms with van der Waals surface area (Å²) in [5.41, 5.74) is 1.19. The number of rotatable bonds is 12. The van der Waals surface area contributed by atoms with Crippen LogP contribution in [0.2, 0.25) is 0 Å². The quantitative estimate of drug-likeness (QED) is 0.242. The summed E-state index contributed by atoms with van der Waals surface area (Å²) in [6, 6.07) is 0. The third-order valence-corrected chi connectivity index (χ3v) is 4.93. The van der Waals surface area contributed by atoms with Crippen molar-refractivity contribution in [3.63, 3.8) is 0 Å². The number of carbonyl (C=O) groups is 2. The Morgan fingerprint density at radius 2 is 1.41 bits per heavy atom. The molecular weight excluding hydrogens is 340 g/mol. The molecule has 0 radical (unpaired) electrons. The van der Waals surface area contributed by atoms with Crippen LogP contribution in [0.25, 0.3) is 0 Å². The van der Waals surface area contributed by atoms with Crippen LogP contribution in [0, 0.1) is 17.8 Å². The molecule has 1 aliphatic carbocycles. The molecule has 0 aliphatic heterocycles. The second-order valence-electron chi connectivity index (χ2n) is 8.67. The lowest BCUT2D eigenvalue weighted by molar-refractivity contribution is -0.144. The molecule has 0 saturated heterocycles. The van der Waals surface area contributed by atoms with Crippen molar-refractivity contribution in [3.8, 4) is 0 Å². The van der Waals surface area contributed by atoms with Crippen molar-refractivity contribution >= 4 is 11.9 Å².